The second-order valence-electron chi connectivity index (χ2n) is 5.38. The quantitative estimate of drug-likeness (QED) is 0.598. The van der Waals surface area contributed by atoms with Crippen LogP contribution in [0.4, 0.5) is 0 Å². The van der Waals surface area contributed by atoms with E-state index in [0.717, 1.165) is 26.8 Å². The van der Waals surface area contributed by atoms with Gasteiger partial charge in [-0.15, -0.1) is 0 Å². The molecule has 0 aliphatic heterocycles. The fourth-order valence-electron chi connectivity index (χ4n) is 2.93. The minimum atomic E-state index is -0.318. The zero-order chi connectivity index (χ0) is 17.3. The van der Waals surface area contributed by atoms with Gasteiger partial charge in [-0.2, -0.15) is 0 Å². The first-order valence-electron chi connectivity index (χ1n) is 7.69. The molecule has 1 aromatic heterocycles. The fraction of sp³-hybridized carbons (Fsp3) is 0.211. The highest BCUT2D eigenvalue weighted by Crippen LogP contribution is 2.33. The molecule has 2 aromatic carbocycles. The summed E-state index contributed by atoms with van der Waals surface area (Å²) in [7, 11) is 1.61. The summed E-state index contributed by atoms with van der Waals surface area (Å²) in [6, 6.07) is 13.7. The highest BCUT2D eigenvalue weighted by Gasteiger charge is 2.22. The molecule has 0 radical (unpaired) electrons. The van der Waals surface area contributed by atoms with Crippen LogP contribution >= 0.6 is 15.9 Å². The van der Waals surface area contributed by atoms with Crippen molar-refractivity contribution in [2.75, 3.05) is 13.7 Å². The third-order valence-electron chi connectivity index (χ3n) is 3.96. The van der Waals surface area contributed by atoms with Gasteiger partial charge in [0.25, 0.3) is 0 Å². The zero-order valence-electron chi connectivity index (χ0n) is 13.8. The summed E-state index contributed by atoms with van der Waals surface area (Å²) < 4.78 is 13.6. The first-order valence-corrected chi connectivity index (χ1v) is 8.48. The molecule has 0 atom stereocenters. The minimum Gasteiger partial charge on any atom is -0.497 e. The van der Waals surface area contributed by atoms with Crippen LogP contribution in [-0.4, -0.2) is 24.3 Å². The summed E-state index contributed by atoms with van der Waals surface area (Å²) >= 11 is 3.51. The third kappa shape index (κ3) is 2.80. The molecule has 0 fully saturated rings. The van der Waals surface area contributed by atoms with E-state index in [2.05, 4.69) is 20.5 Å². The van der Waals surface area contributed by atoms with E-state index in [1.54, 1.807) is 14.0 Å². The van der Waals surface area contributed by atoms with Gasteiger partial charge in [0.2, 0.25) is 0 Å². The van der Waals surface area contributed by atoms with Crippen molar-refractivity contribution in [3.8, 4) is 11.4 Å². The van der Waals surface area contributed by atoms with Crippen molar-refractivity contribution in [2.24, 2.45) is 0 Å². The van der Waals surface area contributed by atoms with Crippen LogP contribution in [0, 0.1) is 6.92 Å². The Bertz CT molecular complexity index is 914. The molecule has 0 unspecified atom stereocenters. The van der Waals surface area contributed by atoms with Gasteiger partial charge in [-0.25, -0.2) is 4.79 Å². The van der Waals surface area contributed by atoms with Gasteiger partial charge in [0, 0.05) is 21.2 Å². The number of nitrogens with zero attached hydrogens (tertiary/aromatic N) is 1. The van der Waals surface area contributed by atoms with E-state index in [4.69, 9.17) is 9.47 Å². The van der Waals surface area contributed by atoms with E-state index in [1.807, 2.05) is 49.4 Å². The van der Waals surface area contributed by atoms with E-state index in [-0.39, 0.29) is 5.97 Å². The van der Waals surface area contributed by atoms with Crippen LogP contribution in [0.5, 0.6) is 5.75 Å². The van der Waals surface area contributed by atoms with Crippen molar-refractivity contribution in [1.29, 1.82) is 0 Å². The van der Waals surface area contributed by atoms with Gasteiger partial charge in [0.15, 0.2) is 0 Å². The van der Waals surface area contributed by atoms with Crippen LogP contribution in [0.25, 0.3) is 16.6 Å². The topological polar surface area (TPSA) is 40.5 Å². The van der Waals surface area contributed by atoms with Crippen molar-refractivity contribution in [2.45, 2.75) is 13.8 Å². The Hall–Kier alpha value is -2.27. The molecule has 1 heterocycles. The highest BCUT2D eigenvalue weighted by molar-refractivity contribution is 9.10. The fourth-order valence-corrected chi connectivity index (χ4v) is 3.32. The Morgan fingerprint density at radius 3 is 2.67 bits per heavy atom. The van der Waals surface area contributed by atoms with Crippen LogP contribution in [0.1, 0.15) is 23.0 Å². The SMILES string of the molecule is CCOC(=O)c1c(C)n(-c2cccc(Br)c2)c2ccc(OC)cc12. The van der Waals surface area contributed by atoms with Crippen LogP contribution in [0.2, 0.25) is 0 Å². The second-order valence-corrected chi connectivity index (χ2v) is 6.29. The number of hydrogen-bond acceptors (Lipinski definition) is 3. The Balaban J connectivity index is 2.34. The summed E-state index contributed by atoms with van der Waals surface area (Å²) in [5, 5.41) is 0.824. The molecule has 3 rings (SSSR count). The number of carbonyl (C=O) groups is 1. The number of carbonyl (C=O) groups excluding carboxylic acids is 1. The number of aromatic nitrogens is 1. The van der Waals surface area contributed by atoms with Crippen molar-refractivity contribution in [3.05, 3.63) is 58.2 Å². The monoisotopic (exact) mass is 387 g/mol. The Morgan fingerprint density at radius 1 is 1.21 bits per heavy atom. The van der Waals surface area contributed by atoms with Crippen molar-refractivity contribution in [3.63, 3.8) is 0 Å². The Kier molecular flexibility index (Phi) is 4.62. The first kappa shape index (κ1) is 16.6. The molecule has 0 saturated carbocycles. The summed E-state index contributed by atoms with van der Waals surface area (Å²) in [6.07, 6.45) is 0. The predicted octanol–water partition coefficient (Wildman–Crippen LogP) is 4.89. The largest absolute Gasteiger partial charge is 0.497 e. The molecule has 0 bridgehead atoms. The lowest BCUT2D eigenvalue weighted by atomic mass is 10.1. The molecule has 0 N–H and O–H groups in total. The lowest BCUT2D eigenvalue weighted by Crippen LogP contribution is -2.07. The van der Waals surface area contributed by atoms with E-state index in [9.17, 15) is 4.79 Å². The van der Waals surface area contributed by atoms with Gasteiger partial charge in [-0.3, -0.25) is 0 Å². The molecule has 24 heavy (non-hydrogen) atoms. The Morgan fingerprint density at radius 2 is 2.00 bits per heavy atom. The van der Waals surface area contributed by atoms with E-state index >= 15 is 0 Å². The van der Waals surface area contributed by atoms with Crippen molar-refractivity contribution in [1.82, 2.24) is 4.57 Å². The van der Waals surface area contributed by atoms with Crippen LogP contribution in [0.3, 0.4) is 0 Å². The number of methoxy groups -OCH3 is 1. The summed E-state index contributed by atoms with van der Waals surface area (Å²) in [6.45, 7) is 4.08. The van der Waals surface area contributed by atoms with Crippen molar-refractivity contribution >= 4 is 32.8 Å². The number of benzene rings is 2. The van der Waals surface area contributed by atoms with E-state index in [0.29, 0.717) is 17.9 Å². The number of ether oxygens (including phenoxy) is 2. The molecule has 5 heteroatoms. The van der Waals surface area contributed by atoms with Gasteiger partial charge >= 0.3 is 5.97 Å². The Labute approximate surface area is 149 Å². The van der Waals surface area contributed by atoms with E-state index in [1.165, 1.54) is 0 Å². The maximum Gasteiger partial charge on any atom is 0.340 e. The molecule has 4 nitrogen and oxygen atoms in total. The maximum atomic E-state index is 12.5. The van der Waals surface area contributed by atoms with Crippen molar-refractivity contribution < 1.29 is 14.3 Å². The van der Waals surface area contributed by atoms with Gasteiger partial charge in [-0.1, -0.05) is 22.0 Å². The van der Waals surface area contributed by atoms with Crippen LogP contribution in [0.15, 0.2) is 46.9 Å². The number of rotatable bonds is 4. The molecule has 0 aliphatic carbocycles. The molecule has 0 aliphatic rings. The summed E-state index contributed by atoms with van der Waals surface area (Å²) in [5.74, 6) is 0.390. The average Bonchev–Trinajstić information content (AvgIpc) is 2.86. The van der Waals surface area contributed by atoms with Crippen LogP contribution in [-0.2, 0) is 4.74 Å². The normalized spacial score (nSPS) is 10.8. The average molecular weight is 388 g/mol. The van der Waals surface area contributed by atoms with Gasteiger partial charge in [-0.05, 0) is 50.2 Å². The van der Waals surface area contributed by atoms with Gasteiger partial charge in [0.1, 0.15) is 5.75 Å². The lowest BCUT2D eigenvalue weighted by molar-refractivity contribution is 0.0527. The van der Waals surface area contributed by atoms with Gasteiger partial charge < -0.3 is 14.0 Å². The molecular formula is C19H18BrNO3. The number of esters is 1. The molecule has 0 amide bonds. The lowest BCUT2D eigenvalue weighted by Gasteiger charge is -2.09. The molecule has 0 spiro atoms. The second kappa shape index (κ2) is 6.69. The summed E-state index contributed by atoms with van der Waals surface area (Å²) in [5.41, 5.74) is 3.34. The molecule has 0 saturated heterocycles. The smallest absolute Gasteiger partial charge is 0.340 e. The first-order chi connectivity index (χ1) is 11.6. The number of fused-ring (bicyclic) bond motifs is 1. The molecule has 124 valence electrons. The number of hydrogen-bond donors (Lipinski definition) is 0. The number of halogens is 1. The van der Waals surface area contributed by atoms with E-state index < -0.39 is 0 Å². The summed E-state index contributed by atoms with van der Waals surface area (Å²) in [4.78, 5) is 12.5. The van der Waals surface area contributed by atoms with Gasteiger partial charge in [0.05, 0.1) is 24.8 Å². The third-order valence-corrected chi connectivity index (χ3v) is 4.45. The predicted molar refractivity (Wildman–Crippen MR) is 98.2 cm³/mol. The zero-order valence-corrected chi connectivity index (χ0v) is 15.4. The molecule has 3 aromatic rings. The van der Waals surface area contributed by atoms with Crippen LogP contribution < -0.4 is 4.74 Å². The minimum absolute atomic E-state index is 0.318. The highest BCUT2D eigenvalue weighted by atomic mass is 79.9. The molecular weight excluding hydrogens is 370 g/mol. The maximum absolute atomic E-state index is 12.5. The standard InChI is InChI=1S/C19H18BrNO3/c1-4-24-19(22)18-12(2)21(14-7-5-6-13(20)10-14)17-9-8-15(23-3)11-16(17)18/h5-11H,4H2,1-3H3.